The molecule has 3 rings (SSSR count). The van der Waals surface area contributed by atoms with Gasteiger partial charge in [-0.2, -0.15) is 0 Å². The smallest absolute Gasteiger partial charge is 0.271 e. The topological polar surface area (TPSA) is 94.2 Å². The summed E-state index contributed by atoms with van der Waals surface area (Å²) >= 11 is 0. The van der Waals surface area contributed by atoms with Crippen molar-refractivity contribution in [2.45, 2.75) is 6.04 Å². The van der Waals surface area contributed by atoms with E-state index in [2.05, 4.69) is 26.8 Å². The Morgan fingerprint density at radius 3 is 2.88 bits per heavy atom. The molecule has 130 valence electrons. The summed E-state index contributed by atoms with van der Waals surface area (Å²) in [6.45, 7) is 4.63. The number of rotatable bonds is 5. The van der Waals surface area contributed by atoms with Gasteiger partial charge in [-0.3, -0.25) is 9.59 Å². The van der Waals surface area contributed by atoms with Gasteiger partial charge in [0.05, 0.1) is 11.7 Å². The maximum Gasteiger partial charge on any atom is 0.271 e. The molecule has 1 saturated heterocycles. The van der Waals surface area contributed by atoms with Crippen molar-refractivity contribution in [3.63, 3.8) is 0 Å². The molecule has 0 aromatic carbocycles. The van der Waals surface area contributed by atoms with Crippen LogP contribution in [0.4, 0.5) is 11.5 Å². The Morgan fingerprint density at radius 1 is 1.44 bits per heavy atom. The number of pyridine rings is 1. The average molecular weight is 340 g/mol. The van der Waals surface area contributed by atoms with Gasteiger partial charge in [0.15, 0.2) is 0 Å². The van der Waals surface area contributed by atoms with E-state index in [0.717, 1.165) is 5.56 Å². The van der Waals surface area contributed by atoms with Crippen molar-refractivity contribution in [2.24, 2.45) is 0 Å². The minimum atomic E-state index is -0.178. The second kappa shape index (κ2) is 6.76. The predicted molar refractivity (Wildman–Crippen MR) is 96.6 cm³/mol. The Balaban J connectivity index is 1.84. The molecule has 0 spiro atoms. The van der Waals surface area contributed by atoms with Gasteiger partial charge >= 0.3 is 0 Å². The third-order valence-electron chi connectivity index (χ3n) is 4.38. The Morgan fingerprint density at radius 2 is 2.20 bits per heavy atom. The molecule has 8 nitrogen and oxygen atoms in total. The first kappa shape index (κ1) is 16.7. The lowest BCUT2D eigenvalue weighted by molar-refractivity contribution is -0.130. The number of hydrogen-bond donors (Lipinski definition) is 2. The number of aromatic amines is 1. The number of carbonyl (C=O) groups excluding carboxylic acids is 1. The number of aromatic nitrogens is 3. The minimum absolute atomic E-state index is 0.0899. The number of nitrogens with zero attached hydrogens (tertiary/aromatic N) is 4. The van der Waals surface area contributed by atoms with E-state index in [9.17, 15) is 9.59 Å². The van der Waals surface area contributed by atoms with Crippen LogP contribution in [-0.4, -0.2) is 59.0 Å². The van der Waals surface area contributed by atoms with Crippen LogP contribution >= 0.6 is 0 Å². The van der Waals surface area contributed by atoms with E-state index in [-0.39, 0.29) is 17.5 Å². The van der Waals surface area contributed by atoms with Crippen LogP contribution in [0.15, 0.2) is 42.1 Å². The predicted octanol–water partition coefficient (Wildman–Crippen LogP) is 0.707. The lowest BCUT2D eigenvalue weighted by Gasteiger charge is -2.44. The fourth-order valence-corrected chi connectivity index (χ4v) is 2.74. The first-order valence-electron chi connectivity index (χ1n) is 7.90. The Hall–Kier alpha value is -3.16. The highest BCUT2D eigenvalue weighted by Crippen LogP contribution is 2.23. The lowest BCUT2D eigenvalue weighted by atomic mass is 10.1. The minimum Gasteiger partial charge on any atom is -0.373 e. The molecule has 1 amide bonds. The largest absolute Gasteiger partial charge is 0.373 e. The third-order valence-corrected chi connectivity index (χ3v) is 4.38. The second-order valence-electron chi connectivity index (χ2n) is 5.85. The van der Waals surface area contributed by atoms with Gasteiger partial charge in [0.25, 0.3) is 5.56 Å². The van der Waals surface area contributed by atoms with Crippen molar-refractivity contribution in [1.29, 1.82) is 0 Å². The van der Waals surface area contributed by atoms with Crippen LogP contribution in [0.25, 0.3) is 11.3 Å². The molecule has 8 heteroatoms. The summed E-state index contributed by atoms with van der Waals surface area (Å²) in [4.78, 5) is 38.5. The van der Waals surface area contributed by atoms with E-state index >= 15 is 0 Å². The van der Waals surface area contributed by atoms with E-state index in [0.29, 0.717) is 30.3 Å². The molecule has 2 N–H and O–H groups in total. The molecule has 0 atom stereocenters. The quantitative estimate of drug-likeness (QED) is 0.779. The molecule has 2 aromatic rings. The molecule has 2 aromatic heterocycles. The number of hydrogen-bond acceptors (Lipinski definition) is 6. The number of likely N-dealkylation sites (N-methyl/N-ethyl adjacent to an activating group) is 1. The monoisotopic (exact) mass is 340 g/mol. The van der Waals surface area contributed by atoms with Crippen LogP contribution < -0.4 is 15.8 Å². The summed E-state index contributed by atoms with van der Waals surface area (Å²) in [5.74, 6) is 0.608. The summed E-state index contributed by atoms with van der Waals surface area (Å²) in [7, 11) is 3.64. The number of anilines is 2. The molecule has 3 heterocycles. The van der Waals surface area contributed by atoms with Crippen LogP contribution in [0.2, 0.25) is 0 Å². The Labute approximate surface area is 145 Å². The van der Waals surface area contributed by atoms with Gasteiger partial charge in [-0.15, -0.1) is 0 Å². The molecule has 0 saturated carbocycles. The van der Waals surface area contributed by atoms with Crippen molar-refractivity contribution in [1.82, 2.24) is 19.9 Å². The number of likely N-dealkylation sites (tertiary alicyclic amines) is 1. The van der Waals surface area contributed by atoms with Gasteiger partial charge in [0.1, 0.15) is 17.8 Å². The fourth-order valence-electron chi connectivity index (χ4n) is 2.74. The van der Waals surface area contributed by atoms with Crippen molar-refractivity contribution in [2.75, 3.05) is 37.4 Å². The van der Waals surface area contributed by atoms with E-state index in [4.69, 9.17) is 0 Å². The highest BCUT2D eigenvalue weighted by Gasteiger charge is 2.33. The molecule has 0 bridgehead atoms. The van der Waals surface area contributed by atoms with E-state index in [1.165, 1.54) is 12.4 Å². The van der Waals surface area contributed by atoms with Crippen molar-refractivity contribution in [3.05, 3.63) is 47.7 Å². The van der Waals surface area contributed by atoms with Crippen molar-refractivity contribution >= 4 is 17.4 Å². The molecular weight excluding hydrogens is 320 g/mol. The lowest BCUT2D eigenvalue weighted by Crippen LogP contribution is -2.60. The summed E-state index contributed by atoms with van der Waals surface area (Å²) < 4.78 is 0. The number of amides is 1. The Kier molecular flexibility index (Phi) is 4.51. The summed E-state index contributed by atoms with van der Waals surface area (Å²) in [5.41, 5.74) is 1.86. The maximum atomic E-state index is 12.2. The van der Waals surface area contributed by atoms with Crippen LogP contribution in [0.3, 0.4) is 0 Å². The van der Waals surface area contributed by atoms with Gasteiger partial charge in [-0.05, 0) is 12.1 Å². The van der Waals surface area contributed by atoms with Gasteiger partial charge in [0.2, 0.25) is 5.91 Å². The first-order valence-corrected chi connectivity index (χ1v) is 7.90. The zero-order valence-electron chi connectivity index (χ0n) is 14.2. The fraction of sp³-hybridized carbons (Fsp3) is 0.294. The molecule has 0 unspecified atom stereocenters. The molecule has 1 fully saturated rings. The van der Waals surface area contributed by atoms with Crippen LogP contribution in [0.5, 0.6) is 0 Å². The van der Waals surface area contributed by atoms with Gasteiger partial charge in [-0.1, -0.05) is 6.58 Å². The standard InChI is InChI=1S/C17H20N6O2/c1-4-16(24)23-8-12(9-23)22(3)14-5-11(7-19-17(14)25)13-6-15(18-2)21-10-20-13/h4-7,10,12H,1,8-9H2,2-3H3,(H,19,25)(H,18,20,21). The van der Waals surface area contributed by atoms with E-state index in [1.54, 1.807) is 24.2 Å². The third kappa shape index (κ3) is 3.23. The van der Waals surface area contributed by atoms with Gasteiger partial charge < -0.3 is 20.1 Å². The van der Waals surface area contributed by atoms with Crippen LogP contribution in [0, 0.1) is 0 Å². The summed E-state index contributed by atoms with van der Waals surface area (Å²) in [5, 5.41) is 2.96. The molecule has 1 aliphatic heterocycles. The second-order valence-corrected chi connectivity index (χ2v) is 5.85. The molecule has 0 radical (unpaired) electrons. The highest BCUT2D eigenvalue weighted by atomic mass is 16.2. The van der Waals surface area contributed by atoms with E-state index < -0.39 is 0 Å². The number of carbonyl (C=O) groups is 1. The molecular formula is C17H20N6O2. The normalized spacial score (nSPS) is 13.9. The first-order chi connectivity index (χ1) is 12.0. The average Bonchev–Trinajstić information content (AvgIpc) is 2.60. The van der Waals surface area contributed by atoms with Gasteiger partial charge in [0, 0.05) is 45.0 Å². The molecule has 0 aliphatic carbocycles. The zero-order valence-corrected chi connectivity index (χ0v) is 14.2. The van der Waals surface area contributed by atoms with Crippen LogP contribution in [-0.2, 0) is 4.79 Å². The van der Waals surface area contributed by atoms with Crippen molar-refractivity contribution in [3.8, 4) is 11.3 Å². The Bertz CT molecular complexity index is 856. The highest BCUT2D eigenvalue weighted by molar-refractivity contribution is 5.87. The van der Waals surface area contributed by atoms with E-state index in [1.807, 2.05) is 18.0 Å². The zero-order chi connectivity index (χ0) is 18.0. The SMILES string of the molecule is C=CC(=O)N1CC(N(C)c2cc(-c3cc(NC)ncn3)c[nH]c2=O)C1. The van der Waals surface area contributed by atoms with Crippen molar-refractivity contribution < 1.29 is 4.79 Å². The summed E-state index contributed by atoms with van der Waals surface area (Å²) in [6, 6.07) is 3.71. The number of nitrogens with one attached hydrogen (secondary N) is 2. The van der Waals surface area contributed by atoms with Gasteiger partial charge in [-0.25, -0.2) is 9.97 Å². The molecule has 1 aliphatic rings. The maximum absolute atomic E-state index is 12.2. The summed E-state index contributed by atoms with van der Waals surface area (Å²) in [6.07, 6.45) is 4.41. The molecule has 25 heavy (non-hydrogen) atoms. The number of H-pyrrole nitrogens is 1. The van der Waals surface area contributed by atoms with Crippen LogP contribution in [0.1, 0.15) is 0 Å².